The van der Waals surface area contributed by atoms with E-state index in [1.165, 1.54) is 29.5 Å². The van der Waals surface area contributed by atoms with Crippen LogP contribution in [0.5, 0.6) is 0 Å². The average molecular weight is 158 g/mol. The maximum Gasteiger partial charge on any atom is 0.0586 e. The van der Waals surface area contributed by atoms with Crippen molar-refractivity contribution < 1.29 is 4.74 Å². The first-order chi connectivity index (χ1) is 4.43. The average Bonchev–Trinajstić information content (AvgIpc) is 1.91. The third-order valence-electron chi connectivity index (χ3n) is 1.62. The number of rotatable bonds is 1. The standard InChI is InChI=1S/C6H14OSi2/c8-5-9-6-3-1-2-4-7-6/h5-6,9H,1-4H2,8H3. The van der Waals surface area contributed by atoms with Gasteiger partial charge >= 0.3 is 0 Å². The van der Waals surface area contributed by atoms with Gasteiger partial charge in [-0.1, -0.05) is 0 Å². The van der Waals surface area contributed by atoms with Crippen molar-refractivity contribution in [1.29, 1.82) is 0 Å². The van der Waals surface area contributed by atoms with Crippen molar-refractivity contribution in [3.8, 4) is 0 Å². The summed E-state index contributed by atoms with van der Waals surface area (Å²) in [5, 5.41) is 2.41. The van der Waals surface area contributed by atoms with Crippen LogP contribution in [0.25, 0.3) is 0 Å². The molecule has 0 spiro atoms. The molecular weight excluding hydrogens is 144 g/mol. The third-order valence-corrected chi connectivity index (χ3v) is 4.12. The first kappa shape index (κ1) is 7.37. The van der Waals surface area contributed by atoms with Crippen LogP contribution < -0.4 is 0 Å². The molecule has 1 aliphatic heterocycles. The van der Waals surface area contributed by atoms with Crippen molar-refractivity contribution in [2.75, 3.05) is 6.61 Å². The molecule has 0 bridgehead atoms. The van der Waals surface area contributed by atoms with Gasteiger partial charge < -0.3 is 4.74 Å². The molecule has 0 aromatic carbocycles. The summed E-state index contributed by atoms with van der Waals surface area (Å²) in [7, 11) is 1.79. The van der Waals surface area contributed by atoms with Crippen LogP contribution >= 0.6 is 0 Å². The molecule has 0 aliphatic carbocycles. The summed E-state index contributed by atoms with van der Waals surface area (Å²) in [5.74, 6) is 0. The molecule has 0 saturated carbocycles. The Balaban J connectivity index is 2.23. The zero-order valence-electron chi connectivity index (χ0n) is 5.97. The van der Waals surface area contributed by atoms with Crippen LogP contribution in [0.4, 0.5) is 0 Å². The minimum absolute atomic E-state index is 0.535. The molecule has 1 atom stereocenters. The topological polar surface area (TPSA) is 9.23 Å². The van der Waals surface area contributed by atoms with Crippen LogP contribution in [-0.2, 0) is 4.74 Å². The molecule has 1 saturated heterocycles. The molecule has 0 N–H and O–H groups in total. The summed E-state index contributed by atoms with van der Waals surface area (Å²) in [4.78, 5) is 0. The fraction of sp³-hybridized carbons (Fsp3) is 0.833. The SMILES string of the molecule is [SiH3]C=[SiH]C1CCCCO1. The van der Waals surface area contributed by atoms with Crippen LogP contribution in [0.1, 0.15) is 19.3 Å². The molecule has 3 heteroatoms. The lowest BCUT2D eigenvalue weighted by Crippen LogP contribution is -2.22. The Kier molecular flexibility index (Phi) is 3.39. The van der Waals surface area contributed by atoms with E-state index in [2.05, 4.69) is 5.30 Å². The van der Waals surface area contributed by atoms with Gasteiger partial charge in [0.15, 0.2) is 0 Å². The molecule has 1 rings (SSSR count). The van der Waals surface area contributed by atoms with Gasteiger partial charge in [-0.3, -0.25) is 0 Å². The van der Waals surface area contributed by atoms with E-state index in [1.807, 2.05) is 0 Å². The van der Waals surface area contributed by atoms with E-state index in [0.717, 1.165) is 6.61 Å². The van der Waals surface area contributed by atoms with E-state index < -0.39 is 0 Å². The minimum atomic E-state index is 0.535. The summed E-state index contributed by atoms with van der Waals surface area (Å²) < 4.78 is 5.55. The largest absolute Gasteiger partial charge is 0.378 e. The van der Waals surface area contributed by atoms with Crippen LogP contribution in [-0.4, -0.2) is 37.0 Å². The van der Waals surface area contributed by atoms with E-state index in [0.29, 0.717) is 14.9 Å². The van der Waals surface area contributed by atoms with Crippen molar-refractivity contribution in [1.82, 2.24) is 0 Å². The van der Waals surface area contributed by atoms with Crippen LogP contribution in [0, 0.1) is 0 Å². The molecule has 0 amide bonds. The Bertz CT molecular complexity index is 97.2. The molecule has 9 heavy (non-hydrogen) atoms. The summed E-state index contributed by atoms with van der Waals surface area (Å²) in [6.45, 7) is 1.02. The number of hydrogen-bond donors (Lipinski definition) is 0. The monoisotopic (exact) mass is 158 g/mol. The van der Waals surface area contributed by atoms with Gasteiger partial charge in [-0.25, -0.2) is 0 Å². The molecule has 0 aromatic heterocycles. The molecule has 0 aromatic rings. The van der Waals surface area contributed by atoms with Gasteiger partial charge in [0.05, 0.1) is 5.73 Å². The Morgan fingerprint density at radius 2 is 2.44 bits per heavy atom. The maximum absolute atomic E-state index is 5.55. The van der Waals surface area contributed by atoms with E-state index in [9.17, 15) is 0 Å². The highest BCUT2D eigenvalue weighted by Crippen LogP contribution is 2.09. The third kappa shape index (κ3) is 2.56. The van der Waals surface area contributed by atoms with E-state index in [1.54, 1.807) is 0 Å². The van der Waals surface area contributed by atoms with E-state index in [4.69, 9.17) is 4.74 Å². The Morgan fingerprint density at radius 1 is 1.56 bits per heavy atom. The van der Waals surface area contributed by atoms with Crippen LogP contribution in [0.2, 0.25) is 0 Å². The fourth-order valence-electron chi connectivity index (χ4n) is 1.13. The second-order valence-electron chi connectivity index (χ2n) is 2.43. The lowest BCUT2D eigenvalue weighted by Gasteiger charge is -2.18. The fourth-order valence-corrected chi connectivity index (χ4v) is 3.52. The van der Waals surface area contributed by atoms with Crippen LogP contribution in [0.3, 0.4) is 0 Å². The van der Waals surface area contributed by atoms with Crippen molar-refractivity contribution in [3.05, 3.63) is 0 Å². The van der Waals surface area contributed by atoms with Gasteiger partial charge in [-0.2, -0.15) is 0 Å². The predicted octanol–water partition coefficient (Wildman–Crippen LogP) is -0.925. The maximum atomic E-state index is 5.55. The molecule has 1 heterocycles. The second-order valence-corrected chi connectivity index (χ2v) is 6.23. The Labute approximate surface area is 61.7 Å². The summed E-state index contributed by atoms with van der Waals surface area (Å²) >= 11 is 0. The van der Waals surface area contributed by atoms with Gasteiger partial charge in [0, 0.05) is 26.0 Å². The van der Waals surface area contributed by atoms with Gasteiger partial charge in [0.1, 0.15) is 0 Å². The van der Waals surface area contributed by atoms with E-state index >= 15 is 0 Å². The Hall–Kier alpha value is 0.264. The molecular formula is C6H14OSi2. The molecule has 1 nitrogen and oxygen atoms in total. The highest BCUT2D eigenvalue weighted by atomic mass is 28.2. The summed E-state index contributed by atoms with van der Waals surface area (Å²) in [6.07, 6.45) is 4.01. The van der Waals surface area contributed by atoms with Crippen molar-refractivity contribution in [3.63, 3.8) is 0 Å². The second kappa shape index (κ2) is 4.14. The molecule has 1 fully saturated rings. The number of hydrogen-bond acceptors (Lipinski definition) is 1. The molecule has 1 aliphatic rings. The normalized spacial score (nSPS) is 29.6. The molecule has 52 valence electrons. The van der Waals surface area contributed by atoms with Crippen LogP contribution in [0.15, 0.2) is 0 Å². The quantitative estimate of drug-likeness (QED) is 0.448. The highest BCUT2D eigenvalue weighted by Gasteiger charge is 2.08. The summed E-state index contributed by atoms with van der Waals surface area (Å²) in [6, 6.07) is 0. The summed E-state index contributed by atoms with van der Waals surface area (Å²) in [5.41, 5.74) is 0.663. The van der Waals surface area contributed by atoms with E-state index in [-0.39, 0.29) is 0 Å². The minimum Gasteiger partial charge on any atom is -0.378 e. The zero-order valence-corrected chi connectivity index (χ0v) is 9.12. The number of ether oxygens (including phenoxy) is 1. The van der Waals surface area contributed by atoms with Gasteiger partial charge in [0.2, 0.25) is 0 Å². The lowest BCUT2D eigenvalue weighted by molar-refractivity contribution is 0.0670. The van der Waals surface area contributed by atoms with Gasteiger partial charge in [-0.05, 0) is 19.3 Å². The first-order valence-electron chi connectivity index (χ1n) is 3.68. The van der Waals surface area contributed by atoms with Gasteiger partial charge in [-0.15, -0.1) is 5.30 Å². The smallest absolute Gasteiger partial charge is 0.0586 e. The van der Waals surface area contributed by atoms with Crippen molar-refractivity contribution in [2.24, 2.45) is 0 Å². The highest BCUT2D eigenvalue weighted by molar-refractivity contribution is 6.74. The van der Waals surface area contributed by atoms with Crippen molar-refractivity contribution >= 4 is 24.7 Å². The lowest BCUT2D eigenvalue weighted by atomic mass is 10.2. The zero-order chi connectivity index (χ0) is 6.53. The first-order valence-corrected chi connectivity index (χ1v) is 6.16. The molecule has 1 unspecified atom stereocenters. The predicted molar refractivity (Wildman–Crippen MR) is 46.7 cm³/mol. The molecule has 0 radical (unpaired) electrons. The van der Waals surface area contributed by atoms with Crippen molar-refractivity contribution in [2.45, 2.75) is 25.0 Å². The Morgan fingerprint density at radius 3 is 3.00 bits per heavy atom. The van der Waals surface area contributed by atoms with Gasteiger partial charge in [0.25, 0.3) is 0 Å².